The Kier molecular flexibility index (Phi) is 5.13. The molecule has 1 aliphatic heterocycles. The molecule has 8 heteroatoms. The number of piperazine rings is 1. The minimum absolute atomic E-state index is 0.0864. The highest BCUT2D eigenvalue weighted by Gasteiger charge is 2.23. The average Bonchev–Trinajstić information content (AvgIpc) is 2.45. The van der Waals surface area contributed by atoms with Crippen molar-refractivity contribution in [1.82, 2.24) is 4.90 Å². The van der Waals surface area contributed by atoms with Gasteiger partial charge in [-0.3, -0.25) is 19.8 Å². The predicted molar refractivity (Wildman–Crippen MR) is 81.7 cm³/mol. The molecule has 0 bridgehead atoms. The lowest BCUT2D eigenvalue weighted by Gasteiger charge is -2.35. The Morgan fingerprint density at radius 1 is 1.33 bits per heavy atom. The topological polar surface area (TPSA) is 86.9 Å². The first kappa shape index (κ1) is 15.7. The van der Waals surface area contributed by atoms with E-state index in [1.54, 1.807) is 12.1 Å². The van der Waals surface area contributed by atoms with Crippen LogP contribution in [0.5, 0.6) is 0 Å². The molecule has 114 valence electrons. The van der Waals surface area contributed by atoms with Crippen molar-refractivity contribution in [2.24, 2.45) is 0 Å². The van der Waals surface area contributed by atoms with Gasteiger partial charge in [0.05, 0.1) is 11.3 Å². The second kappa shape index (κ2) is 6.86. The van der Waals surface area contributed by atoms with E-state index in [-0.39, 0.29) is 17.0 Å². The number of nitro groups is 1. The third-order valence-corrected chi connectivity index (χ3v) is 3.98. The zero-order chi connectivity index (χ0) is 15.4. The SMILES string of the molecule is O=C(O)CCN1CCN(c2ccc(Br)cc2[N+](=O)[O-])CC1. The Hall–Kier alpha value is -1.67. The molecule has 7 nitrogen and oxygen atoms in total. The molecule has 1 fully saturated rings. The number of aliphatic carboxylic acids is 1. The minimum Gasteiger partial charge on any atom is -0.481 e. The van der Waals surface area contributed by atoms with E-state index >= 15 is 0 Å². The Labute approximate surface area is 130 Å². The molecule has 0 radical (unpaired) electrons. The molecular weight excluding hydrogens is 342 g/mol. The van der Waals surface area contributed by atoms with Gasteiger partial charge in [-0.25, -0.2) is 0 Å². The molecule has 2 rings (SSSR count). The van der Waals surface area contributed by atoms with Crippen LogP contribution >= 0.6 is 15.9 Å². The fraction of sp³-hybridized carbons (Fsp3) is 0.462. The van der Waals surface area contributed by atoms with E-state index in [4.69, 9.17) is 5.11 Å². The van der Waals surface area contributed by atoms with Gasteiger partial charge in [0.25, 0.3) is 5.69 Å². The molecule has 0 unspecified atom stereocenters. The normalized spacial score (nSPS) is 16.0. The lowest BCUT2D eigenvalue weighted by Crippen LogP contribution is -2.47. The summed E-state index contributed by atoms with van der Waals surface area (Å²) in [6.07, 6.45) is 0.123. The van der Waals surface area contributed by atoms with E-state index in [1.807, 2.05) is 4.90 Å². The van der Waals surface area contributed by atoms with E-state index < -0.39 is 5.97 Å². The summed E-state index contributed by atoms with van der Waals surface area (Å²) < 4.78 is 0.679. The van der Waals surface area contributed by atoms with Gasteiger partial charge in [-0.05, 0) is 12.1 Å². The average molecular weight is 358 g/mol. The number of rotatable bonds is 5. The summed E-state index contributed by atoms with van der Waals surface area (Å²) in [5.74, 6) is -0.805. The molecule has 21 heavy (non-hydrogen) atoms. The molecular formula is C13H16BrN3O4. The van der Waals surface area contributed by atoms with Crippen LogP contribution in [-0.2, 0) is 4.79 Å². The van der Waals surface area contributed by atoms with Gasteiger partial charge in [-0.1, -0.05) is 15.9 Å². The van der Waals surface area contributed by atoms with Crippen molar-refractivity contribution in [1.29, 1.82) is 0 Å². The quantitative estimate of drug-likeness (QED) is 0.640. The van der Waals surface area contributed by atoms with Gasteiger partial charge < -0.3 is 10.0 Å². The molecule has 0 aliphatic carbocycles. The molecule has 0 amide bonds. The maximum atomic E-state index is 11.1. The molecule has 1 heterocycles. The molecule has 1 aliphatic rings. The van der Waals surface area contributed by atoms with Gasteiger partial charge in [0, 0.05) is 43.3 Å². The van der Waals surface area contributed by atoms with Gasteiger partial charge in [0.2, 0.25) is 0 Å². The standard InChI is InChI=1S/C13H16BrN3O4/c14-10-1-2-11(12(9-10)17(20)21)16-7-5-15(6-8-16)4-3-13(18)19/h1-2,9H,3-8H2,(H,18,19). The summed E-state index contributed by atoms with van der Waals surface area (Å²) in [6, 6.07) is 5.04. The summed E-state index contributed by atoms with van der Waals surface area (Å²) in [5.41, 5.74) is 0.699. The van der Waals surface area contributed by atoms with E-state index in [0.717, 1.165) is 0 Å². The Morgan fingerprint density at radius 2 is 2.00 bits per heavy atom. The maximum absolute atomic E-state index is 11.1. The van der Waals surface area contributed by atoms with E-state index in [0.29, 0.717) is 42.9 Å². The number of anilines is 1. The van der Waals surface area contributed by atoms with Crippen LogP contribution in [0.25, 0.3) is 0 Å². The van der Waals surface area contributed by atoms with Gasteiger partial charge in [0.15, 0.2) is 0 Å². The third-order valence-electron chi connectivity index (χ3n) is 3.49. The molecule has 1 saturated heterocycles. The lowest BCUT2D eigenvalue weighted by molar-refractivity contribution is -0.384. The Bertz CT molecular complexity index is 544. The highest BCUT2D eigenvalue weighted by atomic mass is 79.9. The summed E-state index contributed by atoms with van der Waals surface area (Å²) in [7, 11) is 0. The van der Waals surface area contributed by atoms with Crippen molar-refractivity contribution in [3.8, 4) is 0 Å². The van der Waals surface area contributed by atoms with Crippen molar-refractivity contribution in [3.05, 3.63) is 32.8 Å². The summed E-state index contributed by atoms with van der Waals surface area (Å²) >= 11 is 3.25. The van der Waals surface area contributed by atoms with Crippen LogP contribution in [0.4, 0.5) is 11.4 Å². The molecule has 1 aromatic rings. The fourth-order valence-corrected chi connectivity index (χ4v) is 2.73. The smallest absolute Gasteiger partial charge is 0.304 e. The van der Waals surface area contributed by atoms with Gasteiger partial charge >= 0.3 is 5.97 Å². The third kappa shape index (κ3) is 4.15. The second-order valence-corrected chi connectivity index (χ2v) is 5.78. The van der Waals surface area contributed by atoms with E-state index in [1.165, 1.54) is 6.07 Å². The molecule has 1 N–H and O–H groups in total. The number of hydrogen-bond donors (Lipinski definition) is 1. The molecule has 0 spiro atoms. The molecule has 0 aromatic heterocycles. The highest BCUT2D eigenvalue weighted by molar-refractivity contribution is 9.10. The summed E-state index contributed by atoms with van der Waals surface area (Å²) in [6.45, 7) is 3.25. The lowest BCUT2D eigenvalue weighted by atomic mass is 10.2. The first-order chi connectivity index (χ1) is 9.97. The number of carboxylic acids is 1. The van der Waals surface area contributed by atoms with Crippen LogP contribution in [0, 0.1) is 10.1 Å². The number of carboxylic acid groups (broad SMARTS) is 1. The fourth-order valence-electron chi connectivity index (χ4n) is 2.38. The Balaban J connectivity index is 2.02. The predicted octanol–water partition coefficient (Wildman–Crippen LogP) is 1.95. The van der Waals surface area contributed by atoms with Gasteiger partial charge in [-0.2, -0.15) is 0 Å². The number of hydrogen-bond acceptors (Lipinski definition) is 5. The van der Waals surface area contributed by atoms with E-state index in [9.17, 15) is 14.9 Å². The van der Waals surface area contributed by atoms with Gasteiger partial charge in [-0.15, -0.1) is 0 Å². The molecule has 1 aromatic carbocycles. The highest BCUT2D eigenvalue weighted by Crippen LogP contribution is 2.31. The maximum Gasteiger partial charge on any atom is 0.304 e. The number of nitro benzene ring substituents is 1. The molecule has 0 saturated carbocycles. The minimum atomic E-state index is -0.805. The van der Waals surface area contributed by atoms with Crippen LogP contribution in [0.2, 0.25) is 0 Å². The largest absolute Gasteiger partial charge is 0.481 e. The van der Waals surface area contributed by atoms with Crippen molar-refractivity contribution >= 4 is 33.3 Å². The zero-order valence-corrected chi connectivity index (χ0v) is 13.0. The van der Waals surface area contributed by atoms with Crippen LogP contribution < -0.4 is 4.90 Å². The van der Waals surface area contributed by atoms with Crippen molar-refractivity contribution < 1.29 is 14.8 Å². The molecule has 0 atom stereocenters. The monoisotopic (exact) mass is 357 g/mol. The van der Waals surface area contributed by atoms with Crippen LogP contribution in [0.15, 0.2) is 22.7 Å². The number of nitrogens with zero attached hydrogens (tertiary/aromatic N) is 3. The van der Waals surface area contributed by atoms with Crippen molar-refractivity contribution in [2.75, 3.05) is 37.6 Å². The zero-order valence-electron chi connectivity index (χ0n) is 11.4. The van der Waals surface area contributed by atoms with Gasteiger partial charge in [0.1, 0.15) is 5.69 Å². The van der Waals surface area contributed by atoms with Crippen LogP contribution in [0.3, 0.4) is 0 Å². The van der Waals surface area contributed by atoms with Crippen LogP contribution in [0.1, 0.15) is 6.42 Å². The summed E-state index contributed by atoms with van der Waals surface area (Å²) in [5, 5.41) is 19.8. The van der Waals surface area contributed by atoms with Crippen LogP contribution in [-0.4, -0.2) is 53.6 Å². The van der Waals surface area contributed by atoms with Crippen molar-refractivity contribution in [2.45, 2.75) is 6.42 Å². The summed E-state index contributed by atoms with van der Waals surface area (Å²) in [4.78, 5) is 25.4. The van der Waals surface area contributed by atoms with Crippen molar-refractivity contribution in [3.63, 3.8) is 0 Å². The first-order valence-corrected chi connectivity index (χ1v) is 7.39. The first-order valence-electron chi connectivity index (χ1n) is 6.60. The number of halogens is 1. The Morgan fingerprint density at radius 3 is 2.57 bits per heavy atom. The second-order valence-electron chi connectivity index (χ2n) is 4.86. The van der Waals surface area contributed by atoms with E-state index in [2.05, 4.69) is 20.8 Å². The number of carbonyl (C=O) groups is 1. The number of benzene rings is 1.